The lowest BCUT2D eigenvalue weighted by Gasteiger charge is -2.15. The Balaban J connectivity index is 1.79. The van der Waals surface area contributed by atoms with Crippen molar-refractivity contribution in [3.8, 4) is 0 Å². The van der Waals surface area contributed by atoms with Crippen molar-refractivity contribution in [2.75, 3.05) is 19.8 Å². The van der Waals surface area contributed by atoms with E-state index in [1.165, 1.54) is 0 Å². The first-order valence-electron chi connectivity index (χ1n) is 6.71. The SMILES string of the molecule is C=C(C)COCCNC(=O)C1(c2ccccc2)CC1. The second kappa shape index (κ2) is 6.02. The van der Waals surface area contributed by atoms with Crippen LogP contribution in [0.15, 0.2) is 42.5 Å². The third kappa shape index (κ3) is 3.44. The minimum atomic E-state index is -0.282. The average Bonchev–Trinajstić information content (AvgIpc) is 3.20. The number of carbonyl (C=O) groups is 1. The summed E-state index contributed by atoms with van der Waals surface area (Å²) in [6.45, 7) is 7.33. The van der Waals surface area contributed by atoms with Crippen LogP contribution in [0.3, 0.4) is 0 Å². The Bertz CT molecular complexity index is 449. The van der Waals surface area contributed by atoms with Crippen LogP contribution in [0.5, 0.6) is 0 Å². The van der Waals surface area contributed by atoms with E-state index in [9.17, 15) is 4.79 Å². The van der Waals surface area contributed by atoms with Crippen LogP contribution in [0.1, 0.15) is 25.3 Å². The molecule has 1 fully saturated rings. The van der Waals surface area contributed by atoms with Crippen LogP contribution in [-0.2, 0) is 14.9 Å². The Hall–Kier alpha value is -1.61. The van der Waals surface area contributed by atoms with Crippen molar-refractivity contribution in [1.82, 2.24) is 5.32 Å². The van der Waals surface area contributed by atoms with E-state index in [0.717, 1.165) is 24.0 Å². The maximum absolute atomic E-state index is 12.2. The Morgan fingerprint density at radius 1 is 1.37 bits per heavy atom. The fourth-order valence-electron chi connectivity index (χ4n) is 2.18. The molecule has 0 unspecified atom stereocenters. The number of nitrogens with one attached hydrogen (secondary N) is 1. The van der Waals surface area contributed by atoms with Gasteiger partial charge in [-0.3, -0.25) is 4.79 Å². The van der Waals surface area contributed by atoms with Gasteiger partial charge in [-0.2, -0.15) is 0 Å². The van der Waals surface area contributed by atoms with Crippen LogP contribution in [0.25, 0.3) is 0 Å². The molecule has 102 valence electrons. The third-order valence-electron chi connectivity index (χ3n) is 3.39. The van der Waals surface area contributed by atoms with Gasteiger partial charge in [0.25, 0.3) is 0 Å². The molecule has 0 bridgehead atoms. The summed E-state index contributed by atoms with van der Waals surface area (Å²) < 4.78 is 5.37. The molecule has 3 nitrogen and oxygen atoms in total. The predicted molar refractivity (Wildman–Crippen MR) is 76.0 cm³/mol. The van der Waals surface area contributed by atoms with Gasteiger partial charge in [-0.15, -0.1) is 0 Å². The molecule has 1 aromatic rings. The highest BCUT2D eigenvalue weighted by Crippen LogP contribution is 2.48. The van der Waals surface area contributed by atoms with Crippen molar-refractivity contribution in [3.05, 3.63) is 48.0 Å². The van der Waals surface area contributed by atoms with E-state index in [4.69, 9.17) is 4.74 Å². The minimum Gasteiger partial charge on any atom is -0.375 e. The largest absolute Gasteiger partial charge is 0.375 e. The number of rotatable bonds is 7. The van der Waals surface area contributed by atoms with Gasteiger partial charge in [-0.05, 0) is 25.3 Å². The normalized spacial score (nSPS) is 15.8. The molecule has 2 rings (SSSR count). The molecule has 0 spiro atoms. The Morgan fingerprint density at radius 3 is 2.63 bits per heavy atom. The van der Waals surface area contributed by atoms with E-state index in [0.29, 0.717) is 19.8 Å². The zero-order valence-electron chi connectivity index (χ0n) is 11.4. The summed E-state index contributed by atoms with van der Waals surface area (Å²) in [7, 11) is 0. The lowest BCUT2D eigenvalue weighted by molar-refractivity contribution is -0.123. The molecule has 1 aliphatic carbocycles. The maximum atomic E-state index is 12.2. The van der Waals surface area contributed by atoms with E-state index < -0.39 is 0 Å². The van der Waals surface area contributed by atoms with Gasteiger partial charge in [-0.1, -0.05) is 42.5 Å². The van der Waals surface area contributed by atoms with Crippen molar-refractivity contribution in [1.29, 1.82) is 0 Å². The van der Waals surface area contributed by atoms with Crippen LogP contribution < -0.4 is 5.32 Å². The number of benzene rings is 1. The quantitative estimate of drug-likeness (QED) is 0.603. The molecule has 0 aromatic heterocycles. The Labute approximate surface area is 114 Å². The molecule has 3 heteroatoms. The van der Waals surface area contributed by atoms with Gasteiger partial charge in [0.05, 0.1) is 18.6 Å². The van der Waals surface area contributed by atoms with E-state index >= 15 is 0 Å². The molecule has 19 heavy (non-hydrogen) atoms. The first kappa shape index (κ1) is 13.8. The number of amides is 1. The van der Waals surface area contributed by atoms with E-state index in [1.54, 1.807) is 0 Å². The van der Waals surface area contributed by atoms with Gasteiger partial charge < -0.3 is 10.1 Å². The highest BCUT2D eigenvalue weighted by molar-refractivity contribution is 5.91. The van der Waals surface area contributed by atoms with Crippen molar-refractivity contribution >= 4 is 5.91 Å². The fraction of sp³-hybridized carbons (Fsp3) is 0.438. The minimum absolute atomic E-state index is 0.123. The van der Waals surface area contributed by atoms with Gasteiger partial charge in [0, 0.05) is 6.54 Å². The fourth-order valence-corrected chi connectivity index (χ4v) is 2.18. The molecule has 1 aromatic carbocycles. The second-order valence-corrected chi connectivity index (χ2v) is 5.21. The molecule has 1 N–H and O–H groups in total. The monoisotopic (exact) mass is 259 g/mol. The standard InChI is InChI=1S/C16H21NO2/c1-13(2)12-19-11-10-17-15(18)16(8-9-16)14-6-4-3-5-7-14/h3-7H,1,8-12H2,2H3,(H,17,18). The van der Waals surface area contributed by atoms with Crippen molar-refractivity contribution < 1.29 is 9.53 Å². The summed E-state index contributed by atoms with van der Waals surface area (Å²) in [6.07, 6.45) is 1.88. The van der Waals surface area contributed by atoms with Gasteiger partial charge in [0.2, 0.25) is 5.91 Å². The molecule has 0 saturated heterocycles. The topological polar surface area (TPSA) is 38.3 Å². The first-order chi connectivity index (χ1) is 9.15. The van der Waals surface area contributed by atoms with Crippen molar-refractivity contribution in [3.63, 3.8) is 0 Å². The van der Waals surface area contributed by atoms with Crippen molar-refractivity contribution in [2.45, 2.75) is 25.2 Å². The summed E-state index contributed by atoms with van der Waals surface area (Å²) >= 11 is 0. The van der Waals surface area contributed by atoms with Crippen LogP contribution in [0, 0.1) is 0 Å². The van der Waals surface area contributed by atoms with Gasteiger partial charge in [-0.25, -0.2) is 0 Å². The Kier molecular flexibility index (Phi) is 4.38. The third-order valence-corrected chi connectivity index (χ3v) is 3.39. The zero-order valence-corrected chi connectivity index (χ0v) is 11.4. The number of ether oxygens (including phenoxy) is 1. The summed E-state index contributed by atoms with van der Waals surface area (Å²) in [5.74, 6) is 0.123. The van der Waals surface area contributed by atoms with Gasteiger partial charge in [0.1, 0.15) is 0 Å². The van der Waals surface area contributed by atoms with E-state index in [-0.39, 0.29) is 11.3 Å². The van der Waals surface area contributed by atoms with Crippen molar-refractivity contribution in [2.24, 2.45) is 0 Å². The molecule has 1 aliphatic rings. The predicted octanol–water partition coefficient (Wildman–Crippen LogP) is 2.43. The van der Waals surface area contributed by atoms with E-state index in [2.05, 4.69) is 11.9 Å². The van der Waals surface area contributed by atoms with Crippen LogP contribution in [0.2, 0.25) is 0 Å². The molecule has 0 atom stereocenters. The second-order valence-electron chi connectivity index (χ2n) is 5.21. The number of carbonyl (C=O) groups excluding carboxylic acids is 1. The lowest BCUT2D eigenvalue weighted by Crippen LogP contribution is -2.36. The number of hydrogen-bond acceptors (Lipinski definition) is 2. The highest BCUT2D eigenvalue weighted by atomic mass is 16.5. The summed E-state index contributed by atoms with van der Waals surface area (Å²) in [5, 5.41) is 2.96. The highest BCUT2D eigenvalue weighted by Gasteiger charge is 2.50. The number of hydrogen-bond donors (Lipinski definition) is 1. The molecular formula is C16H21NO2. The summed E-state index contributed by atoms with van der Waals surface area (Å²) in [4.78, 5) is 12.2. The molecular weight excluding hydrogens is 238 g/mol. The molecule has 0 aliphatic heterocycles. The molecule has 1 amide bonds. The summed E-state index contributed by atoms with van der Waals surface area (Å²) in [5.41, 5.74) is 1.83. The smallest absolute Gasteiger partial charge is 0.230 e. The average molecular weight is 259 g/mol. The molecule has 0 radical (unpaired) electrons. The molecule has 0 heterocycles. The van der Waals surface area contributed by atoms with E-state index in [1.807, 2.05) is 37.3 Å². The van der Waals surface area contributed by atoms with Gasteiger partial charge >= 0.3 is 0 Å². The van der Waals surface area contributed by atoms with Crippen LogP contribution in [-0.4, -0.2) is 25.7 Å². The Morgan fingerprint density at radius 2 is 2.05 bits per heavy atom. The maximum Gasteiger partial charge on any atom is 0.230 e. The lowest BCUT2D eigenvalue weighted by atomic mass is 9.95. The van der Waals surface area contributed by atoms with Gasteiger partial charge in [0.15, 0.2) is 0 Å². The molecule has 1 saturated carbocycles. The zero-order chi connectivity index (χ0) is 13.7. The summed E-state index contributed by atoms with van der Waals surface area (Å²) in [6, 6.07) is 10.0. The first-order valence-corrected chi connectivity index (χ1v) is 6.71. The van der Waals surface area contributed by atoms with Crippen LogP contribution >= 0.6 is 0 Å². The van der Waals surface area contributed by atoms with Crippen LogP contribution in [0.4, 0.5) is 0 Å².